The van der Waals surface area contributed by atoms with E-state index in [0.29, 0.717) is 6.61 Å². The average Bonchev–Trinajstić information content (AvgIpc) is 2.47. The molecule has 1 nitrogen and oxygen atoms in total. The van der Waals surface area contributed by atoms with E-state index in [1.165, 1.54) is 56.1 Å². The van der Waals surface area contributed by atoms with Crippen LogP contribution in [0.15, 0.2) is 24.3 Å². The first-order valence-corrected chi connectivity index (χ1v) is 8.01. The quantitative estimate of drug-likeness (QED) is 0.710. The molecule has 0 fully saturated rings. The van der Waals surface area contributed by atoms with Crippen LogP contribution in [0.2, 0.25) is 0 Å². The van der Waals surface area contributed by atoms with Crippen molar-refractivity contribution in [2.24, 2.45) is 0 Å². The van der Waals surface area contributed by atoms with Crippen molar-refractivity contribution in [1.29, 1.82) is 0 Å². The molecular weight excluding hydrogens is 232 g/mol. The van der Waals surface area contributed by atoms with Gasteiger partial charge in [0.2, 0.25) is 0 Å². The molecule has 19 heavy (non-hydrogen) atoms. The number of hydrogen-bond acceptors (Lipinski definition) is 1. The van der Waals surface area contributed by atoms with E-state index < -0.39 is 0 Å². The summed E-state index contributed by atoms with van der Waals surface area (Å²) in [6.07, 6.45) is 11.3. The number of unbranched alkanes of at least 4 members (excludes halogenated alkanes) is 4. The maximum Gasteiger partial charge on any atom is 0.0528 e. The first-order chi connectivity index (χ1) is 9.32. The topological polar surface area (TPSA) is 20.2 Å². The van der Waals surface area contributed by atoms with Gasteiger partial charge in [-0.15, -0.1) is 0 Å². The van der Waals surface area contributed by atoms with Crippen LogP contribution in [-0.4, -0.2) is 11.7 Å². The Morgan fingerprint density at radius 3 is 2.68 bits per heavy atom. The van der Waals surface area contributed by atoms with Gasteiger partial charge >= 0.3 is 0 Å². The van der Waals surface area contributed by atoms with Crippen LogP contribution >= 0.6 is 0 Å². The third-order valence-corrected chi connectivity index (χ3v) is 4.75. The number of rotatable bonds is 7. The molecule has 0 aromatic heterocycles. The minimum Gasteiger partial charge on any atom is -0.395 e. The van der Waals surface area contributed by atoms with E-state index in [-0.39, 0.29) is 5.41 Å². The highest BCUT2D eigenvalue weighted by Gasteiger charge is 2.35. The maximum absolute atomic E-state index is 9.99. The van der Waals surface area contributed by atoms with E-state index in [0.717, 1.165) is 12.8 Å². The predicted molar refractivity (Wildman–Crippen MR) is 81.5 cm³/mol. The van der Waals surface area contributed by atoms with Gasteiger partial charge in [0.15, 0.2) is 0 Å². The van der Waals surface area contributed by atoms with Crippen molar-refractivity contribution in [2.45, 2.75) is 70.1 Å². The lowest BCUT2D eigenvalue weighted by molar-refractivity contribution is 0.161. The summed E-state index contributed by atoms with van der Waals surface area (Å²) < 4.78 is 0. The second-order valence-electron chi connectivity index (χ2n) is 6.11. The minimum absolute atomic E-state index is 0.0566. The number of fused-ring (bicyclic) bond motifs is 1. The Morgan fingerprint density at radius 2 is 1.89 bits per heavy atom. The number of benzene rings is 1. The molecule has 1 aromatic carbocycles. The molecule has 0 bridgehead atoms. The van der Waals surface area contributed by atoms with Crippen LogP contribution in [0, 0.1) is 0 Å². The molecule has 1 aliphatic carbocycles. The lowest BCUT2D eigenvalue weighted by Gasteiger charge is -2.38. The van der Waals surface area contributed by atoms with E-state index in [2.05, 4.69) is 31.2 Å². The third-order valence-electron chi connectivity index (χ3n) is 4.75. The van der Waals surface area contributed by atoms with Crippen LogP contribution in [-0.2, 0) is 11.8 Å². The summed E-state index contributed by atoms with van der Waals surface area (Å²) >= 11 is 0. The van der Waals surface area contributed by atoms with Crippen molar-refractivity contribution in [2.75, 3.05) is 6.61 Å². The van der Waals surface area contributed by atoms with Crippen molar-refractivity contribution in [1.82, 2.24) is 0 Å². The maximum atomic E-state index is 9.99. The van der Waals surface area contributed by atoms with Gasteiger partial charge in [-0.25, -0.2) is 0 Å². The molecule has 106 valence electrons. The molecule has 0 radical (unpaired) electrons. The number of aliphatic hydroxyl groups excluding tert-OH is 1. The summed E-state index contributed by atoms with van der Waals surface area (Å²) in [5, 5.41) is 9.99. The zero-order chi connectivity index (χ0) is 13.6. The Bertz CT molecular complexity index is 385. The second-order valence-corrected chi connectivity index (χ2v) is 6.11. The molecule has 0 heterocycles. The van der Waals surface area contributed by atoms with Crippen LogP contribution < -0.4 is 0 Å². The van der Waals surface area contributed by atoms with Gasteiger partial charge < -0.3 is 5.11 Å². The highest BCUT2D eigenvalue weighted by molar-refractivity contribution is 5.36. The molecule has 1 unspecified atom stereocenters. The molecule has 2 rings (SSSR count). The largest absolute Gasteiger partial charge is 0.395 e. The molecule has 1 aliphatic rings. The van der Waals surface area contributed by atoms with Crippen LogP contribution in [0.5, 0.6) is 0 Å². The summed E-state index contributed by atoms with van der Waals surface area (Å²) in [4.78, 5) is 0. The first-order valence-electron chi connectivity index (χ1n) is 8.01. The molecule has 0 spiro atoms. The highest BCUT2D eigenvalue weighted by Crippen LogP contribution is 2.40. The number of aryl methyl sites for hydroxylation is 1. The summed E-state index contributed by atoms with van der Waals surface area (Å²) in [6, 6.07) is 8.76. The predicted octanol–water partition coefficient (Wildman–Crippen LogP) is 4.61. The fraction of sp³-hybridized carbons (Fsp3) is 0.667. The molecule has 1 N–H and O–H groups in total. The molecular formula is C18H28O. The molecule has 1 heteroatoms. The van der Waals surface area contributed by atoms with Crippen LogP contribution in [0.25, 0.3) is 0 Å². The number of hydrogen-bond donors (Lipinski definition) is 1. The van der Waals surface area contributed by atoms with Crippen molar-refractivity contribution < 1.29 is 5.11 Å². The summed E-state index contributed by atoms with van der Waals surface area (Å²) in [7, 11) is 0. The Morgan fingerprint density at radius 1 is 1.11 bits per heavy atom. The van der Waals surface area contributed by atoms with E-state index in [1.807, 2.05) is 0 Å². The average molecular weight is 260 g/mol. The fourth-order valence-electron chi connectivity index (χ4n) is 3.58. The van der Waals surface area contributed by atoms with Gasteiger partial charge in [-0.1, -0.05) is 63.3 Å². The molecule has 1 aromatic rings. The Balaban J connectivity index is 2.02. The van der Waals surface area contributed by atoms with Crippen molar-refractivity contribution in [3.05, 3.63) is 35.4 Å². The summed E-state index contributed by atoms with van der Waals surface area (Å²) in [5.41, 5.74) is 2.96. The van der Waals surface area contributed by atoms with Gasteiger partial charge in [-0.3, -0.25) is 0 Å². The van der Waals surface area contributed by atoms with Crippen molar-refractivity contribution in [3.8, 4) is 0 Å². The third kappa shape index (κ3) is 3.39. The van der Waals surface area contributed by atoms with E-state index in [9.17, 15) is 5.11 Å². The SMILES string of the molecule is CCCCCCCC1(CO)CCCc2ccccc21. The Hall–Kier alpha value is -0.820. The molecule has 1 atom stereocenters. The van der Waals surface area contributed by atoms with Crippen molar-refractivity contribution >= 4 is 0 Å². The van der Waals surface area contributed by atoms with Gasteiger partial charge in [0.25, 0.3) is 0 Å². The zero-order valence-electron chi connectivity index (χ0n) is 12.3. The standard InChI is InChI=1S/C18H28O/c1-2-3-4-5-8-13-18(15-19)14-9-11-16-10-6-7-12-17(16)18/h6-7,10,12,19H,2-5,8-9,11,13-15H2,1H3. The summed E-state index contributed by atoms with van der Waals surface area (Å²) in [6.45, 7) is 2.57. The van der Waals surface area contributed by atoms with Crippen LogP contribution in [0.1, 0.15) is 69.4 Å². The molecule has 0 saturated heterocycles. The second kappa shape index (κ2) is 7.09. The monoisotopic (exact) mass is 260 g/mol. The smallest absolute Gasteiger partial charge is 0.0528 e. The van der Waals surface area contributed by atoms with Crippen LogP contribution in [0.4, 0.5) is 0 Å². The molecule has 0 aliphatic heterocycles. The highest BCUT2D eigenvalue weighted by atomic mass is 16.3. The fourth-order valence-corrected chi connectivity index (χ4v) is 3.58. The van der Waals surface area contributed by atoms with E-state index in [4.69, 9.17) is 0 Å². The van der Waals surface area contributed by atoms with Gasteiger partial charge in [-0.2, -0.15) is 0 Å². The van der Waals surface area contributed by atoms with Crippen molar-refractivity contribution in [3.63, 3.8) is 0 Å². The lowest BCUT2D eigenvalue weighted by Crippen LogP contribution is -2.34. The van der Waals surface area contributed by atoms with E-state index >= 15 is 0 Å². The molecule has 0 saturated carbocycles. The number of aliphatic hydroxyl groups is 1. The normalized spacial score (nSPS) is 22.2. The van der Waals surface area contributed by atoms with E-state index in [1.54, 1.807) is 0 Å². The van der Waals surface area contributed by atoms with Crippen LogP contribution in [0.3, 0.4) is 0 Å². The zero-order valence-corrected chi connectivity index (χ0v) is 12.3. The Labute approximate surface area is 118 Å². The van der Waals surface area contributed by atoms with Gasteiger partial charge in [0.05, 0.1) is 6.61 Å². The van der Waals surface area contributed by atoms with Gasteiger partial charge in [0.1, 0.15) is 0 Å². The molecule has 0 amide bonds. The lowest BCUT2D eigenvalue weighted by atomic mass is 9.68. The van der Waals surface area contributed by atoms with Gasteiger partial charge in [0, 0.05) is 5.41 Å². The minimum atomic E-state index is 0.0566. The first kappa shape index (κ1) is 14.6. The Kier molecular flexibility index (Phi) is 5.45. The summed E-state index contributed by atoms with van der Waals surface area (Å²) in [5.74, 6) is 0. The van der Waals surface area contributed by atoms with Gasteiger partial charge in [-0.05, 0) is 36.8 Å².